The van der Waals surface area contributed by atoms with Crippen LogP contribution in [0.3, 0.4) is 0 Å². The number of hydrogen-bond donors (Lipinski definition) is 2. The number of nitrogens with one attached hydrogen (secondary N) is 1. The van der Waals surface area contributed by atoms with Crippen molar-refractivity contribution in [3.8, 4) is 0 Å². The molecule has 114 valence electrons. The molecule has 4 heteroatoms. The number of carboxylic acids is 1. The third-order valence-corrected chi connectivity index (χ3v) is 4.47. The first kappa shape index (κ1) is 15.5. The van der Waals surface area contributed by atoms with E-state index in [1.807, 2.05) is 38.1 Å². The Kier molecular flexibility index (Phi) is 4.66. The summed E-state index contributed by atoms with van der Waals surface area (Å²) < 4.78 is 0. The second-order valence-corrected chi connectivity index (χ2v) is 6.17. The minimum absolute atomic E-state index is 0.0819. The van der Waals surface area contributed by atoms with Crippen LogP contribution in [0.1, 0.15) is 56.2 Å². The van der Waals surface area contributed by atoms with Gasteiger partial charge in [-0.1, -0.05) is 42.7 Å². The van der Waals surface area contributed by atoms with Crippen LogP contribution in [0.5, 0.6) is 0 Å². The fraction of sp³-hybridized carbons (Fsp3) is 0.529. The van der Waals surface area contributed by atoms with Gasteiger partial charge in [0.2, 0.25) is 5.91 Å². The molecule has 1 aliphatic carbocycles. The van der Waals surface area contributed by atoms with Crippen molar-refractivity contribution in [3.63, 3.8) is 0 Å². The standard InChI is InChI=1S/C17H23NO3/c1-12-5-7-14(8-6-12)13(2)18-15(19)11-17(16(20)21)9-3-4-10-17/h5-8,13H,3-4,9-11H2,1-2H3,(H,18,19)(H,20,21)/t13-/m1/s1. The van der Waals surface area contributed by atoms with Crippen LogP contribution >= 0.6 is 0 Å². The Hall–Kier alpha value is -1.84. The number of carbonyl (C=O) groups excluding carboxylic acids is 1. The van der Waals surface area contributed by atoms with Crippen molar-refractivity contribution in [1.82, 2.24) is 5.32 Å². The molecule has 4 nitrogen and oxygen atoms in total. The molecule has 0 aliphatic heterocycles. The Labute approximate surface area is 125 Å². The maximum absolute atomic E-state index is 12.2. The molecule has 0 radical (unpaired) electrons. The molecule has 1 aromatic rings. The molecule has 1 amide bonds. The van der Waals surface area contributed by atoms with E-state index in [9.17, 15) is 14.7 Å². The summed E-state index contributed by atoms with van der Waals surface area (Å²) in [5.74, 6) is -1.01. The molecule has 1 aromatic carbocycles. The van der Waals surface area contributed by atoms with Crippen LogP contribution in [0, 0.1) is 12.3 Å². The lowest BCUT2D eigenvalue weighted by molar-refractivity contribution is -0.151. The Morgan fingerprint density at radius 3 is 2.33 bits per heavy atom. The zero-order valence-electron chi connectivity index (χ0n) is 12.7. The van der Waals surface area contributed by atoms with Gasteiger partial charge < -0.3 is 10.4 Å². The van der Waals surface area contributed by atoms with Crippen molar-refractivity contribution in [1.29, 1.82) is 0 Å². The van der Waals surface area contributed by atoms with Crippen LogP contribution in [0.2, 0.25) is 0 Å². The van der Waals surface area contributed by atoms with Crippen LogP contribution in [0.15, 0.2) is 24.3 Å². The van der Waals surface area contributed by atoms with E-state index in [0.717, 1.165) is 18.4 Å². The Morgan fingerprint density at radius 2 is 1.81 bits per heavy atom. The minimum atomic E-state index is -0.850. The third-order valence-electron chi connectivity index (χ3n) is 4.47. The number of rotatable bonds is 5. The second-order valence-electron chi connectivity index (χ2n) is 6.17. The summed E-state index contributed by atoms with van der Waals surface area (Å²) in [7, 11) is 0. The highest BCUT2D eigenvalue weighted by atomic mass is 16.4. The summed E-state index contributed by atoms with van der Waals surface area (Å²) >= 11 is 0. The topological polar surface area (TPSA) is 66.4 Å². The molecule has 2 N–H and O–H groups in total. The largest absolute Gasteiger partial charge is 0.481 e. The minimum Gasteiger partial charge on any atom is -0.481 e. The molecule has 0 unspecified atom stereocenters. The highest BCUT2D eigenvalue weighted by Gasteiger charge is 2.43. The van der Waals surface area contributed by atoms with Crippen molar-refractivity contribution >= 4 is 11.9 Å². The molecule has 1 fully saturated rings. The summed E-state index contributed by atoms with van der Waals surface area (Å²) in [5.41, 5.74) is 1.36. The smallest absolute Gasteiger partial charge is 0.310 e. The van der Waals surface area contributed by atoms with Gasteiger partial charge in [0, 0.05) is 6.42 Å². The SMILES string of the molecule is Cc1ccc([C@@H](C)NC(=O)CC2(C(=O)O)CCCC2)cc1. The molecular weight excluding hydrogens is 266 g/mol. The Balaban J connectivity index is 1.97. The van der Waals surface area contributed by atoms with E-state index in [1.54, 1.807) is 0 Å². The summed E-state index contributed by atoms with van der Waals surface area (Å²) in [6, 6.07) is 7.89. The molecule has 1 aliphatic rings. The first-order chi connectivity index (χ1) is 9.93. The van der Waals surface area contributed by atoms with E-state index >= 15 is 0 Å². The van der Waals surface area contributed by atoms with Crippen LogP contribution < -0.4 is 5.32 Å². The molecular formula is C17H23NO3. The molecule has 0 heterocycles. The fourth-order valence-corrected chi connectivity index (χ4v) is 3.06. The van der Waals surface area contributed by atoms with Crippen molar-refractivity contribution in [3.05, 3.63) is 35.4 Å². The lowest BCUT2D eigenvalue weighted by Crippen LogP contribution is -2.36. The van der Waals surface area contributed by atoms with Gasteiger partial charge in [-0.25, -0.2) is 0 Å². The van der Waals surface area contributed by atoms with Crippen LogP contribution in [0.4, 0.5) is 0 Å². The number of carbonyl (C=O) groups is 2. The van der Waals surface area contributed by atoms with Gasteiger partial charge in [-0.3, -0.25) is 9.59 Å². The average Bonchev–Trinajstić information content (AvgIpc) is 2.89. The quantitative estimate of drug-likeness (QED) is 0.874. The molecule has 0 spiro atoms. The number of hydrogen-bond acceptors (Lipinski definition) is 2. The number of carboxylic acid groups (broad SMARTS) is 1. The first-order valence-electron chi connectivity index (χ1n) is 7.52. The summed E-state index contributed by atoms with van der Waals surface area (Å²) in [6.45, 7) is 3.94. The molecule has 1 saturated carbocycles. The number of aryl methyl sites for hydroxylation is 1. The van der Waals surface area contributed by atoms with E-state index in [4.69, 9.17) is 0 Å². The monoisotopic (exact) mass is 289 g/mol. The molecule has 21 heavy (non-hydrogen) atoms. The molecule has 2 rings (SSSR count). The lowest BCUT2D eigenvalue weighted by Gasteiger charge is -2.24. The van der Waals surface area contributed by atoms with Gasteiger partial charge in [0.1, 0.15) is 0 Å². The van der Waals surface area contributed by atoms with E-state index < -0.39 is 11.4 Å². The third kappa shape index (κ3) is 3.63. The molecule has 0 aromatic heterocycles. The zero-order valence-corrected chi connectivity index (χ0v) is 12.7. The van der Waals surface area contributed by atoms with Gasteiger partial charge >= 0.3 is 5.97 Å². The fourth-order valence-electron chi connectivity index (χ4n) is 3.06. The number of amides is 1. The Morgan fingerprint density at radius 1 is 1.24 bits per heavy atom. The summed E-state index contributed by atoms with van der Waals surface area (Å²) in [4.78, 5) is 23.7. The predicted molar refractivity (Wildman–Crippen MR) is 80.9 cm³/mol. The Bertz CT molecular complexity index is 515. The van der Waals surface area contributed by atoms with Crippen LogP contribution in [0.25, 0.3) is 0 Å². The zero-order chi connectivity index (χ0) is 15.5. The van der Waals surface area contributed by atoms with Crippen molar-refractivity contribution in [2.45, 2.75) is 52.0 Å². The van der Waals surface area contributed by atoms with Gasteiger partial charge in [0.25, 0.3) is 0 Å². The number of benzene rings is 1. The van der Waals surface area contributed by atoms with Gasteiger partial charge in [0.05, 0.1) is 11.5 Å². The van der Waals surface area contributed by atoms with E-state index in [1.165, 1.54) is 5.56 Å². The maximum atomic E-state index is 12.2. The predicted octanol–water partition coefficient (Wildman–Crippen LogP) is 3.21. The normalized spacial score (nSPS) is 18.2. The van der Waals surface area contributed by atoms with Crippen molar-refractivity contribution in [2.24, 2.45) is 5.41 Å². The van der Waals surface area contributed by atoms with E-state index in [2.05, 4.69) is 5.32 Å². The second kappa shape index (κ2) is 6.29. The highest BCUT2D eigenvalue weighted by Crippen LogP contribution is 2.41. The summed E-state index contributed by atoms with van der Waals surface area (Å²) in [5, 5.41) is 12.3. The molecule has 1 atom stereocenters. The summed E-state index contributed by atoms with van der Waals surface area (Å²) in [6.07, 6.45) is 3.09. The van der Waals surface area contributed by atoms with E-state index in [0.29, 0.717) is 12.8 Å². The molecule has 0 bridgehead atoms. The average molecular weight is 289 g/mol. The highest BCUT2D eigenvalue weighted by molar-refractivity contribution is 5.85. The van der Waals surface area contributed by atoms with Crippen molar-refractivity contribution < 1.29 is 14.7 Å². The van der Waals surface area contributed by atoms with Crippen LogP contribution in [-0.4, -0.2) is 17.0 Å². The van der Waals surface area contributed by atoms with Gasteiger partial charge in [-0.05, 0) is 32.3 Å². The van der Waals surface area contributed by atoms with Gasteiger partial charge in [-0.15, -0.1) is 0 Å². The number of aliphatic carboxylic acids is 1. The van der Waals surface area contributed by atoms with Crippen molar-refractivity contribution in [2.75, 3.05) is 0 Å². The first-order valence-corrected chi connectivity index (χ1v) is 7.52. The maximum Gasteiger partial charge on any atom is 0.310 e. The van der Waals surface area contributed by atoms with Gasteiger partial charge in [0.15, 0.2) is 0 Å². The lowest BCUT2D eigenvalue weighted by atomic mass is 9.82. The molecule has 0 saturated heterocycles. The van der Waals surface area contributed by atoms with Gasteiger partial charge in [-0.2, -0.15) is 0 Å². The van der Waals surface area contributed by atoms with E-state index in [-0.39, 0.29) is 18.4 Å². The van der Waals surface area contributed by atoms with Crippen LogP contribution in [-0.2, 0) is 9.59 Å².